The van der Waals surface area contributed by atoms with Crippen molar-refractivity contribution in [1.29, 1.82) is 0 Å². The number of rotatable bonds is 2. The molecule has 1 aromatic rings. The SMILES string of the molecule is O=CC(Br)c1ccnc(Cl)n1. The fraction of sp³-hybridized carbons (Fsp3) is 0.167. The van der Waals surface area contributed by atoms with Crippen LogP contribution < -0.4 is 0 Å². The maximum atomic E-state index is 10.3. The van der Waals surface area contributed by atoms with Crippen LogP contribution >= 0.6 is 27.5 Å². The van der Waals surface area contributed by atoms with Crippen molar-refractivity contribution < 1.29 is 4.79 Å². The van der Waals surface area contributed by atoms with E-state index in [1.54, 1.807) is 6.07 Å². The van der Waals surface area contributed by atoms with Gasteiger partial charge in [-0.2, -0.15) is 0 Å². The van der Waals surface area contributed by atoms with Crippen molar-refractivity contribution in [3.8, 4) is 0 Å². The van der Waals surface area contributed by atoms with Crippen LogP contribution in [0.2, 0.25) is 5.28 Å². The Balaban J connectivity index is 2.95. The van der Waals surface area contributed by atoms with Gasteiger partial charge in [-0.05, 0) is 17.7 Å². The number of nitrogens with zero attached hydrogens (tertiary/aromatic N) is 2. The van der Waals surface area contributed by atoms with E-state index >= 15 is 0 Å². The van der Waals surface area contributed by atoms with Gasteiger partial charge in [0, 0.05) is 6.20 Å². The quantitative estimate of drug-likeness (QED) is 0.446. The number of halogens is 2. The molecule has 1 heterocycles. The summed E-state index contributed by atoms with van der Waals surface area (Å²) in [5, 5.41) is 0.147. The summed E-state index contributed by atoms with van der Waals surface area (Å²) in [6.45, 7) is 0. The molecule has 0 aliphatic carbocycles. The molecule has 3 nitrogen and oxygen atoms in total. The van der Waals surface area contributed by atoms with Crippen molar-refractivity contribution in [2.24, 2.45) is 0 Å². The molecule has 1 rings (SSSR count). The molecule has 0 saturated carbocycles. The molecule has 0 fully saturated rings. The summed E-state index contributed by atoms with van der Waals surface area (Å²) in [5.74, 6) is 0. The molecule has 11 heavy (non-hydrogen) atoms. The summed E-state index contributed by atoms with van der Waals surface area (Å²) < 4.78 is 0. The van der Waals surface area contributed by atoms with E-state index in [9.17, 15) is 4.79 Å². The lowest BCUT2D eigenvalue weighted by Crippen LogP contribution is -1.95. The lowest BCUT2D eigenvalue weighted by Gasteiger charge is -1.98. The Morgan fingerprint density at radius 3 is 3.00 bits per heavy atom. The van der Waals surface area contributed by atoms with Gasteiger partial charge in [0.1, 0.15) is 11.1 Å². The third-order valence-electron chi connectivity index (χ3n) is 1.05. The van der Waals surface area contributed by atoms with Crippen LogP contribution in [0, 0.1) is 0 Å². The van der Waals surface area contributed by atoms with E-state index in [1.807, 2.05) is 0 Å². The normalized spacial score (nSPS) is 12.5. The van der Waals surface area contributed by atoms with Gasteiger partial charge in [0.15, 0.2) is 0 Å². The first-order valence-electron chi connectivity index (χ1n) is 2.82. The molecule has 0 aromatic carbocycles. The summed E-state index contributed by atoms with van der Waals surface area (Å²) in [6.07, 6.45) is 2.24. The van der Waals surface area contributed by atoms with Crippen molar-refractivity contribution >= 4 is 33.8 Å². The number of aromatic nitrogens is 2. The molecule has 0 amide bonds. The monoisotopic (exact) mass is 234 g/mol. The number of aldehydes is 1. The predicted molar refractivity (Wildman–Crippen MR) is 44.8 cm³/mol. The first kappa shape index (κ1) is 8.62. The zero-order valence-electron chi connectivity index (χ0n) is 5.37. The molecule has 0 aliphatic heterocycles. The average Bonchev–Trinajstić information content (AvgIpc) is 2.03. The summed E-state index contributed by atoms with van der Waals surface area (Å²) in [5.41, 5.74) is 0.569. The molecule has 0 aliphatic rings. The molecular formula is C6H4BrClN2O. The van der Waals surface area contributed by atoms with E-state index in [0.29, 0.717) is 5.69 Å². The highest BCUT2D eigenvalue weighted by Gasteiger charge is 2.06. The van der Waals surface area contributed by atoms with E-state index in [0.717, 1.165) is 6.29 Å². The Bertz CT molecular complexity index is 269. The Hall–Kier alpha value is -0.480. The van der Waals surface area contributed by atoms with Gasteiger partial charge in [0.25, 0.3) is 0 Å². The third kappa shape index (κ3) is 2.24. The summed E-state index contributed by atoms with van der Waals surface area (Å²) >= 11 is 8.59. The molecule has 1 aromatic heterocycles. The molecule has 0 radical (unpaired) electrons. The maximum absolute atomic E-state index is 10.3. The first-order chi connectivity index (χ1) is 5.24. The van der Waals surface area contributed by atoms with Gasteiger partial charge in [-0.1, -0.05) is 15.9 Å². The Morgan fingerprint density at radius 2 is 2.45 bits per heavy atom. The lowest BCUT2D eigenvalue weighted by atomic mass is 10.3. The number of hydrogen-bond acceptors (Lipinski definition) is 3. The fourth-order valence-corrected chi connectivity index (χ4v) is 0.980. The van der Waals surface area contributed by atoms with Crippen LogP contribution in [-0.4, -0.2) is 16.3 Å². The van der Waals surface area contributed by atoms with Crippen LogP contribution in [0.4, 0.5) is 0 Å². The maximum Gasteiger partial charge on any atom is 0.222 e. The zero-order chi connectivity index (χ0) is 8.27. The molecule has 58 valence electrons. The summed E-state index contributed by atoms with van der Waals surface area (Å²) in [4.78, 5) is 17.4. The smallest absolute Gasteiger partial charge is 0.222 e. The predicted octanol–water partition coefficient (Wildman–Crippen LogP) is 1.76. The highest BCUT2D eigenvalue weighted by Crippen LogP contribution is 2.17. The van der Waals surface area contributed by atoms with Gasteiger partial charge in [0.05, 0.1) is 5.69 Å². The van der Waals surface area contributed by atoms with Crippen LogP contribution in [0.15, 0.2) is 12.3 Å². The van der Waals surface area contributed by atoms with Gasteiger partial charge < -0.3 is 4.79 Å². The second kappa shape index (κ2) is 3.78. The Kier molecular flexibility index (Phi) is 2.96. The molecule has 0 spiro atoms. The van der Waals surface area contributed by atoms with E-state index in [4.69, 9.17) is 11.6 Å². The van der Waals surface area contributed by atoms with Crippen LogP contribution in [0.1, 0.15) is 10.5 Å². The zero-order valence-corrected chi connectivity index (χ0v) is 7.71. The number of carbonyl (C=O) groups excluding carboxylic acids is 1. The molecule has 5 heteroatoms. The third-order valence-corrected chi connectivity index (χ3v) is 1.92. The second-order valence-electron chi connectivity index (χ2n) is 1.79. The number of carbonyl (C=O) groups is 1. The minimum Gasteiger partial charge on any atom is -0.302 e. The van der Waals surface area contributed by atoms with E-state index in [1.165, 1.54) is 6.20 Å². The largest absolute Gasteiger partial charge is 0.302 e. The second-order valence-corrected chi connectivity index (χ2v) is 3.11. The van der Waals surface area contributed by atoms with Crippen LogP contribution in [0.5, 0.6) is 0 Å². The molecular weight excluding hydrogens is 231 g/mol. The van der Waals surface area contributed by atoms with Crippen molar-refractivity contribution in [2.75, 3.05) is 0 Å². The minimum atomic E-state index is -0.400. The van der Waals surface area contributed by atoms with Gasteiger partial charge in [0.2, 0.25) is 5.28 Å². The number of hydrogen-bond donors (Lipinski definition) is 0. The van der Waals surface area contributed by atoms with E-state index < -0.39 is 4.83 Å². The lowest BCUT2D eigenvalue weighted by molar-refractivity contribution is -0.107. The summed E-state index contributed by atoms with van der Waals surface area (Å²) in [7, 11) is 0. The molecule has 0 saturated heterocycles. The fourth-order valence-electron chi connectivity index (χ4n) is 0.571. The standard InChI is InChI=1S/C6H4BrClN2O/c7-4(3-11)5-1-2-9-6(8)10-5/h1-4H. The molecule has 0 bridgehead atoms. The summed E-state index contributed by atoms with van der Waals surface area (Å²) in [6, 6.07) is 1.62. The highest BCUT2D eigenvalue weighted by molar-refractivity contribution is 9.09. The molecule has 0 N–H and O–H groups in total. The van der Waals surface area contributed by atoms with Crippen molar-refractivity contribution in [3.05, 3.63) is 23.2 Å². The van der Waals surface area contributed by atoms with E-state index in [2.05, 4.69) is 25.9 Å². The topological polar surface area (TPSA) is 42.9 Å². The molecule has 1 atom stereocenters. The van der Waals surface area contributed by atoms with Crippen molar-refractivity contribution in [1.82, 2.24) is 9.97 Å². The average molecular weight is 235 g/mol. The van der Waals surface area contributed by atoms with E-state index in [-0.39, 0.29) is 5.28 Å². The van der Waals surface area contributed by atoms with Gasteiger partial charge >= 0.3 is 0 Å². The number of alkyl halides is 1. The van der Waals surface area contributed by atoms with Gasteiger partial charge in [-0.3, -0.25) is 0 Å². The molecule has 1 unspecified atom stereocenters. The van der Waals surface area contributed by atoms with Crippen LogP contribution in [-0.2, 0) is 4.79 Å². The Labute approximate surface area is 76.9 Å². The first-order valence-corrected chi connectivity index (χ1v) is 4.11. The van der Waals surface area contributed by atoms with Crippen LogP contribution in [0.3, 0.4) is 0 Å². The van der Waals surface area contributed by atoms with Crippen molar-refractivity contribution in [2.45, 2.75) is 4.83 Å². The minimum absolute atomic E-state index is 0.147. The Morgan fingerprint density at radius 1 is 1.73 bits per heavy atom. The van der Waals surface area contributed by atoms with Crippen molar-refractivity contribution in [3.63, 3.8) is 0 Å². The van der Waals surface area contributed by atoms with Gasteiger partial charge in [-0.25, -0.2) is 9.97 Å². The van der Waals surface area contributed by atoms with Crippen LogP contribution in [0.25, 0.3) is 0 Å². The highest BCUT2D eigenvalue weighted by atomic mass is 79.9. The van der Waals surface area contributed by atoms with Gasteiger partial charge in [-0.15, -0.1) is 0 Å².